The fourth-order valence-electron chi connectivity index (χ4n) is 2.69. The van der Waals surface area contributed by atoms with Crippen LogP contribution >= 0.6 is 12.4 Å². The number of hydrogen-bond acceptors (Lipinski definition) is 5. The molecule has 2 aromatic rings. The van der Waals surface area contributed by atoms with E-state index in [0.29, 0.717) is 11.5 Å². The average Bonchev–Trinajstić information content (AvgIpc) is 2.63. The molecule has 0 spiro atoms. The molecule has 0 atom stereocenters. The van der Waals surface area contributed by atoms with Crippen LogP contribution in [0.25, 0.3) is 0 Å². The van der Waals surface area contributed by atoms with Crippen molar-refractivity contribution < 1.29 is 17.9 Å². The Morgan fingerprint density at radius 2 is 1.42 bits per heavy atom. The van der Waals surface area contributed by atoms with Crippen molar-refractivity contribution >= 4 is 22.4 Å². The van der Waals surface area contributed by atoms with Crippen LogP contribution in [-0.4, -0.2) is 34.7 Å². The van der Waals surface area contributed by atoms with Gasteiger partial charge in [0, 0.05) is 6.04 Å². The second kappa shape index (κ2) is 9.23. The predicted octanol–water partition coefficient (Wildman–Crippen LogP) is 2.94. The van der Waals surface area contributed by atoms with E-state index in [1.54, 1.807) is 55.6 Å². The fraction of sp³-hybridized carbons (Fsp3) is 0.333. The third kappa shape index (κ3) is 5.35. The van der Waals surface area contributed by atoms with Crippen LogP contribution in [0, 0.1) is 0 Å². The van der Waals surface area contributed by atoms with Crippen molar-refractivity contribution in [2.75, 3.05) is 20.2 Å². The molecule has 142 valence electrons. The van der Waals surface area contributed by atoms with Crippen LogP contribution < -0.4 is 19.5 Å². The van der Waals surface area contributed by atoms with E-state index in [9.17, 15) is 8.42 Å². The van der Waals surface area contributed by atoms with Gasteiger partial charge in [0.1, 0.15) is 17.2 Å². The maximum absolute atomic E-state index is 12.5. The van der Waals surface area contributed by atoms with E-state index in [4.69, 9.17) is 9.47 Å². The number of hydrogen-bond donors (Lipinski definition) is 2. The summed E-state index contributed by atoms with van der Waals surface area (Å²) in [6.07, 6.45) is 1.61. The number of rotatable bonds is 6. The van der Waals surface area contributed by atoms with Gasteiger partial charge in [-0.05, 0) is 74.5 Å². The van der Waals surface area contributed by atoms with E-state index in [0.717, 1.165) is 31.7 Å². The highest BCUT2D eigenvalue weighted by molar-refractivity contribution is 7.89. The van der Waals surface area contributed by atoms with Crippen LogP contribution in [-0.2, 0) is 10.0 Å². The van der Waals surface area contributed by atoms with E-state index >= 15 is 0 Å². The molecule has 0 saturated carbocycles. The molecule has 2 aromatic carbocycles. The van der Waals surface area contributed by atoms with Gasteiger partial charge in [0.15, 0.2) is 0 Å². The lowest BCUT2D eigenvalue weighted by atomic mass is 10.1. The summed E-state index contributed by atoms with van der Waals surface area (Å²) < 4.78 is 38.5. The van der Waals surface area contributed by atoms with Gasteiger partial charge >= 0.3 is 0 Å². The van der Waals surface area contributed by atoms with Gasteiger partial charge in [-0.15, -0.1) is 12.4 Å². The van der Waals surface area contributed by atoms with Crippen LogP contribution in [0.2, 0.25) is 0 Å². The Morgan fingerprint density at radius 3 is 1.96 bits per heavy atom. The van der Waals surface area contributed by atoms with Gasteiger partial charge in [0.2, 0.25) is 10.0 Å². The second-order valence-corrected chi connectivity index (χ2v) is 7.61. The largest absolute Gasteiger partial charge is 0.497 e. The lowest BCUT2D eigenvalue weighted by Crippen LogP contribution is -2.42. The number of benzene rings is 2. The predicted molar refractivity (Wildman–Crippen MR) is 103 cm³/mol. The van der Waals surface area contributed by atoms with Crippen LogP contribution in [0.15, 0.2) is 53.4 Å². The minimum absolute atomic E-state index is 0. The summed E-state index contributed by atoms with van der Waals surface area (Å²) in [5.41, 5.74) is 0. The molecule has 1 fully saturated rings. The molecule has 0 amide bonds. The second-order valence-electron chi connectivity index (χ2n) is 5.89. The quantitative estimate of drug-likeness (QED) is 0.782. The zero-order chi connectivity index (χ0) is 17.7. The highest BCUT2D eigenvalue weighted by atomic mass is 35.5. The first-order valence-electron chi connectivity index (χ1n) is 8.22. The molecule has 3 rings (SSSR count). The molecule has 0 radical (unpaired) electrons. The van der Waals surface area contributed by atoms with E-state index in [-0.39, 0.29) is 23.3 Å². The van der Waals surface area contributed by atoms with Crippen LogP contribution in [0.5, 0.6) is 17.2 Å². The lowest BCUT2D eigenvalue weighted by molar-refractivity contribution is 0.413. The molecule has 1 aliphatic rings. The molecule has 0 aliphatic carbocycles. The molecule has 0 bridgehead atoms. The molecule has 1 heterocycles. The number of methoxy groups -OCH3 is 1. The van der Waals surface area contributed by atoms with Crippen LogP contribution in [0.3, 0.4) is 0 Å². The van der Waals surface area contributed by atoms with Gasteiger partial charge in [-0.1, -0.05) is 0 Å². The molecular weight excluding hydrogens is 376 g/mol. The molecule has 0 aromatic heterocycles. The normalized spacial score (nSPS) is 15.1. The Morgan fingerprint density at radius 1 is 0.923 bits per heavy atom. The average molecular weight is 399 g/mol. The van der Waals surface area contributed by atoms with Crippen LogP contribution in [0.1, 0.15) is 12.8 Å². The summed E-state index contributed by atoms with van der Waals surface area (Å²) in [6.45, 7) is 1.67. The van der Waals surface area contributed by atoms with Crippen molar-refractivity contribution in [3.8, 4) is 17.2 Å². The molecule has 6 nitrogen and oxygen atoms in total. The third-order valence-corrected chi connectivity index (χ3v) is 5.63. The molecule has 8 heteroatoms. The Kier molecular flexibility index (Phi) is 7.28. The Bertz CT molecular complexity index is 789. The van der Waals surface area contributed by atoms with E-state index in [2.05, 4.69) is 10.0 Å². The minimum Gasteiger partial charge on any atom is -0.497 e. The molecule has 2 N–H and O–H groups in total. The Labute approximate surface area is 160 Å². The van der Waals surface area contributed by atoms with Gasteiger partial charge in [-0.3, -0.25) is 0 Å². The zero-order valence-corrected chi connectivity index (χ0v) is 16.1. The Hall–Kier alpha value is -1.80. The number of piperidine rings is 1. The molecular formula is C18H23ClN2O4S. The van der Waals surface area contributed by atoms with Gasteiger partial charge in [0.05, 0.1) is 12.0 Å². The van der Waals surface area contributed by atoms with E-state index in [1.165, 1.54) is 0 Å². The highest BCUT2D eigenvalue weighted by Crippen LogP contribution is 2.25. The molecule has 1 saturated heterocycles. The topological polar surface area (TPSA) is 76.7 Å². The number of halogens is 1. The Balaban J connectivity index is 0.00000243. The van der Waals surface area contributed by atoms with Gasteiger partial charge in [-0.2, -0.15) is 0 Å². The summed E-state index contributed by atoms with van der Waals surface area (Å²) >= 11 is 0. The first-order chi connectivity index (χ1) is 12.1. The van der Waals surface area contributed by atoms with Crippen molar-refractivity contribution in [2.45, 2.75) is 23.8 Å². The van der Waals surface area contributed by atoms with Crippen molar-refractivity contribution in [1.82, 2.24) is 10.0 Å². The molecule has 1 aliphatic heterocycles. The minimum atomic E-state index is -3.51. The summed E-state index contributed by atoms with van der Waals surface area (Å²) in [4.78, 5) is 0.244. The van der Waals surface area contributed by atoms with Crippen LogP contribution in [0.4, 0.5) is 0 Å². The first kappa shape index (κ1) is 20.5. The third-order valence-electron chi connectivity index (χ3n) is 4.09. The highest BCUT2D eigenvalue weighted by Gasteiger charge is 2.21. The summed E-state index contributed by atoms with van der Waals surface area (Å²) in [6, 6.07) is 13.6. The summed E-state index contributed by atoms with van der Waals surface area (Å²) in [5.74, 6) is 1.98. The van der Waals surface area contributed by atoms with Crippen molar-refractivity contribution in [3.05, 3.63) is 48.5 Å². The summed E-state index contributed by atoms with van der Waals surface area (Å²) in [5, 5.41) is 3.22. The van der Waals surface area contributed by atoms with Gasteiger partial charge < -0.3 is 14.8 Å². The zero-order valence-electron chi connectivity index (χ0n) is 14.5. The van der Waals surface area contributed by atoms with Crippen molar-refractivity contribution in [3.63, 3.8) is 0 Å². The number of nitrogens with one attached hydrogen (secondary N) is 2. The maximum atomic E-state index is 12.5. The smallest absolute Gasteiger partial charge is 0.240 e. The van der Waals surface area contributed by atoms with E-state index < -0.39 is 10.0 Å². The number of ether oxygens (including phenoxy) is 2. The van der Waals surface area contributed by atoms with E-state index in [1.807, 2.05) is 0 Å². The van der Waals surface area contributed by atoms with Gasteiger partial charge in [-0.25, -0.2) is 13.1 Å². The molecule has 26 heavy (non-hydrogen) atoms. The van der Waals surface area contributed by atoms with Crippen molar-refractivity contribution in [1.29, 1.82) is 0 Å². The fourth-order valence-corrected chi connectivity index (χ4v) is 4.00. The maximum Gasteiger partial charge on any atom is 0.240 e. The van der Waals surface area contributed by atoms with Gasteiger partial charge in [0.25, 0.3) is 0 Å². The lowest BCUT2D eigenvalue weighted by Gasteiger charge is -2.23. The molecule has 0 unspecified atom stereocenters. The SMILES string of the molecule is COc1ccc(Oc2ccc(S(=O)(=O)NC3CCNCC3)cc2)cc1.Cl. The number of sulfonamides is 1. The summed E-state index contributed by atoms with van der Waals surface area (Å²) in [7, 11) is -1.90. The first-order valence-corrected chi connectivity index (χ1v) is 9.70. The standard InChI is InChI=1S/C18H22N2O4S.ClH/c1-23-15-2-4-16(5-3-15)24-17-6-8-18(9-7-17)25(21,22)20-14-10-12-19-13-11-14;/h2-9,14,19-20H,10-13H2,1H3;1H. The van der Waals surface area contributed by atoms with Crippen molar-refractivity contribution in [2.24, 2.45) is 0 Å². The monoisotopic (exact) mass is 398 g/mol.